The first-order chi connectivity index (χ1) is 6.77. The van der Waals surface area contributed by atoms with Gasteiger partial charge in [-0.15, -0.1) is 15.0 Å². The van der Waals surface area contributed by atoms with E-state index in [1.165, 1.54) is 16.7 Å². The van der Waals surface area contributed by atoms with Crippen LogP contribution < -0.4 is 0 Å². The van der Waals surface area contributed by atoms with Crippen molar-refractivity contribution in [3.05, 3.63) is 36.2 Å². The lowest BCUT2D eigenvalue weighted by molar-refractivity contribution is 0.716. The standard InChI is InChI=1S/C10H12N4/c1-8(2)9-4-3-5-10(6-9)14-12-7-11-13-14/h3-8H,1-2H3. The van der Waals surface area contributed by atoms with Crippen LogP contribution in [0.4, 0.5) is 0 Å². The third-order valence-corrected chi connectivity index (χ3v) is 2.12. The van der Waals surface area contributed by atoms with Crippen LogP contribution in [0.5, 0.6) is 0 Å². The van der Waals surface area contributed by atoms with E-state index in [4.69, 9.17) is 0 Å². The summed E-state index contributed by atoms with van der Waals surface area (Å²) in [5.41, 5.74) is 2.23. The Labute approximate surface area is 82.6 Å². The van der Waals surface area contributed by atoms with Gasteiger partial charge in [-0.05, 0) is 28.8 Å². The Morgan fingerprint density at radius 1 is 1.29 bits per heavy atom. The molecule has 0 aliphatic heterocycles. The summed E-state index contributed by atoms with van der Waals surface area (Å²) in [5.74, 6) is 0.512. The maximum Gasteiger partial charge on any atom is 0.162 e. The highest BCUT2D eigenvalue weighted by Crippen LogP contribution is 2.16. The molecule has 4 nitrogen and oxygen atoms in total. The summed E-state index contributed by atoms with van der Waals surface area (Å²) in [6.07, 6.45) is 1.43. The maximum atomic E-state index is 3.98. The van der Waals surface area contributed by atoms with Crippen LogP contribution in [0.1, 0.15) is 25.3 Å². The largest absolute Gasteiger partial charge is 0.162 e. The zero-order valence-corrected chi connectivity index (χ0v) is 8.25. The fraction of sp³-hybridized carbons (Fsp3) is 0.300. The van der Waals surface area contributed by atoms with Crippen molar-refractivity contribution in [3.8, 4) is 5.69 Å². The van der Waals surface area contributed by atoms with E-state index in [0.717, 1.165) is 5.69 Å². The zero-order valence-electron chi connectivity index (χ0n) is 8.25. The van der Waals surface area contributed by atoms with Gasteiger partial charge in [0.25, 0.3) is 0 Å². The molecule has 0 bridgehead atoms. The monoisotopic (exact) mass is 188 g/mol. The van der Waals surface area contributed by atoms with Crippen LogP contribution >= 0.6 is 0 Å². The minimum absolute atomic E-state index is 0.512. The minimum Gasteiger partial charge on any atom is -0.135 e. The van der Waals surface area contributed by atoms with E-state index in [0.29, 0.717) is 5.92 Å². The highest BCUT2D eigenvalue weighted by atomic mass is 15.6. The molecule has 14 heavy (non-hydrogen) atoms. The Bertz CT molecular complexity index is 406. The summed E-state index contributed by atoms with van der Waals surface area (Å²) in [5, 5.41) is 11.5. The average Bonchev–Trinajstić information content (AvgIpc) is 2.71. The first-order valence-corrected chi connectivity index (χ1v) is 4.60. The quantitative estimate of drug-likeness (QED) is 0.721. The lowest BCUT2D eigenvalue weighted by Crippen LogP contribution is -2.00. The third kappa shape index (κ3) is 1.64. The molecule has 1 aromatic carbocycles. The Morgan fingerprint density at radius 2 is 2.14 bits per heavy atom. The van der Waals surface area contributed by atoms with Gasteiger partial charge in [0.15, 0.2) is 6.33 Å². The molecule has 0 saturated heterocycles. The fourth-order valence-electron chi connectivity index (χ4n) is 1.29. The number of rotatable bonds is 2. The van der Waals surface area contributed by atoms with Gasteiger partial charge in [-0.3, -0.25) is 0 Å². The van der Waals surface area contributed by atoms with Crippen LogP contribution in [-0.2, 0) is 0 Å². The molecule has 1 aromatic heterocycles. The molecule has 0 saturated carbocycles. The summed E-state index contributed by atoms with van der Waals surface area (Å²) < 4.78 is 0. The molecule has 0 aliphatic rings. The van der Waals surface area contributed by atoms with Crippen molar-refractivity contribution in [2.75, 3.05) is 0 Å². The van der Waals surface area contributed by atoms with Crippen LogP contribution in [-0.4, -0.2) is 20.2 Å². The minimum atomic E-state index is 0.512. The predicted octanol–water partition coefficient (Wildman–Crippen LogP) is 1.79. The van der Waals surface area contributed by atoms with E-state index in [1.54, 1.807) is 0 Å². The van der Waals surface area contributed by atoms with E-state index in [9.17, 15) is 0 Å². The summed E-state index contributed by atoms with van der Waals surface area (Å²) in [7, 11) is 0. The second kappa shape index (κ2) is 3.57. The van der Waals surface area contributed by atoms with E-state index in [2.05, 4.69) is 41.4 Å². The van der Waals surface area contributed by atoms with Gasteiger partial charge < -0.3 is 0 Å². The first-order valence-electron chi connectivity index (χ1n) is 4.60. The third-order valence-electron chi connectivity index (χ3n) is 2.12. The average molecular weight is 188 g/mol. The van der Waals surface area contributed by atoms with Gasteiger partial charge in [0, 0.05) is 0 Å². The van der Waals surface area contributed by atoms with Crippen LogP contribution in [0.25, 0.3) is 5.69 Å². The smallest absolute Gasteiger partial charge is 0.135 e. The SMILES string of the molecule is CC(C)c1cccc(-n2ncnn2)c1. The van der Waals surface area contributed by atoms with E-state index >= 15 is 0 Å². The van der Waals surface area contributed by atoms with Gasteiger partial charge in [-0.25, -0.2) is 0 Å². The Kier molecular flexibility index (Phi) is 2.26. The van der Waals surface area contributed by atoms with Crippen LogP contribution in [0, 0.1) is 0 Å². The summed E-state index contributed by atoms with van der Waals surface area (Å²) in [4.78, 5) is 1.52. The van der Waals surface area contributed by atoms with Crippen LogP contribution in [0.2, 0.25) is 0 Å². The van der Waals surface area contributed by atoms with Gasteiger partial charge in [-0.1, -0.05) is 26.0 Å². The molecule has 2 aromatic rings. The van der Waals surface area contributed by atoms with Gasteiger partial charge in [0.2, 0.25) is 0 Å². The first kappa shape index (κ1) is 8.87. The Balaban J connectivity index is 2.41. The number of tetrazole rings is 1. The Hall–Kier alpha value is -1.71. The van der Waals surface area contributed by atoms with Crippen molar-refractivity contribution < 1.29 is 0 Å². The Morgan fingerprint density at radius 3 is 2.79 bits per heavy atom. The number of benzene rings is 1. The second-order valence-electron chi connectivity index (χ2n) is 3.47. The molecular weight excluding hydrogens is 176 g/mol. The normalized spacial score (nSPS) is 10.8. The molecule has 1 heterocycles. The molecule has 0 unspecified atom stereocenters. The molecule has 0 aliphatic carbocycles. The van der Waals surface area contributed by atoms with Gasteiger partial charge in [-0.2, -0.15) is 0 Å². The maximum absolute atomic E-state index is 3.98. The van der Waals surface area contributed by atoms with E-state index in [1.807, 2.05) is 12.1 Å². The van der Waals surface area contributed by atoms with Gasteiger partial charge in [0.1, 0.15) is 0 Å². The molecule has 0 fully saturated rings. The van der Waals surface area contributed by atoms with Crippen LogP contribution in [0.3, 0.4) is 0 Å². The second-order valence-corrected chi connectivity index (χ2v) is 3.47. The fourth-order valence-corrected chi connectivity index (χ4v) is 1.29. The van der Waals surface area contributed by atoms with Crippen molar-refractivity contribution in [1.82, 2.24) is 20.2 Å². The lowest BCUT2D eigenvalue weighted by atomic mass is 10.0. The number of hydrogen-bond donors (Lipinski definition) is 0. The summed E-state index contributed by atoms with van der Waals surface area (Å²) in [6.45, 7) is 4.32. The van der Waals surface area contributed by atoms with Gasteiger partial charge >= 0.3 is 0 Å². The summed E-state index contributed by atoms with van der Waals surface area (Å²) >= 11 is 0. The molecule has 0 radical (unpaired) electrons. The summed E-state index contributed by atoms with van der Waals surface area (Å²) in [6, 6.07) is 8.15. The highest BCUT2D eigenvalue weighted by molar-refractivity contribution is 5.34. The van der Waals surface area contributed by atoms with E-state index in [-0.39, 0.29) is 0 Å². The lowest BCUT2D eigenvalue weighted by Gasteiger charge is -2.06. The zero-order chi connectivity index (χ0) is 9.97. The van der Waals surface area contributed by atoms with Crippen molar-refractivity contribution in [2.45, 2.75) is 19.8 Å². The predicted molar refractivity (Wildman–Crippen MR) is 53.2 cm³/mol. The molecule has 4 heteroatoms. The van der Waals surface area contributed by atoms with Crippen molar-refractivity contribution in [1.29, 1.82) is 0 Å². The molecule has 0 N–H and O–H groups in total. The van der Waals surface area contributed by atoms with Crippen molar-refractivity contribution in [3.63, 3.8) is 0 Å². The molecule has 0 amide bonds. The van der Waals surface area contributed by atoms with Gasteiger partial charge in [0.05, 0.1) is 5.69 Å². The number of nitrogens with zero attached hydrogens (tertiary/aromatic N) is 4. The number of hydrogen-bond acceptors (Lipinski definition) is 3. The molecule has 0 atom stereocenters. The highest BCUT2D eigenvalue weighted by Gasteiger charge is 2.02. The number of aromatic nitrogens is 4. The van der Waals surface area contributed by atoms with Crippen molar-refractivity contribution >= 4 is 0 Å². The van der Waals surface area contributed by atoms with Crippen LogP contribution in [0.15, 0.2) is 30.6 Å². The molecular formula is C10H12N4. The topological polar surface area (TPSA) is 43.6 Å². The molecule has 0 spiro atoms. The molecule has 2 rings (SSSR count). The van der Waals surface area contributed by atoms with E-state index < -0.39 is 0 Å². The molecule has 72 valence electrons. The van der Waals surface area contributed by atoms with Crippen molar-refractivity contribution in [2.24, 2.45) is 0 Å².